The smallest absolute Gasteiger partial charge is 0.150 e. The molecule has 0 radical (unpaired) electrons. The zero-order valence-electron chi connectivity index (χ0n) is 11.3. The van der Waals surface area contributed by atoms with Crippen LogP contribution in [0.25, 0.3) is 0 Å². The van der Waals surface area contributed by atoms with Gasteiger partial charge in [-0.15, -0.1) is 0 Å². The Labute approximate surface area is 110 Å². The lowest BCUT2D eigenvalue weighted by atomic mass is 9.93. The fourth-order valence-corrected chi connectivity index (χ4v) is 3.82. The highest BCUT2D eigenvalue weighted by Crippen LogP contribution is 2.27. The Morgan fingerprint density at radius 2 is 2.06 bits per heavy atom. The topological polar surface area (TPSA) is 66.8 Å². The summed E-state index contributed by atoms with van der Waals surface area (Å²) in [7, 11) is -1.30. The van der Waals surface area contributed by atoms with Crippen LogP contribution in [0.5, 0.6) is 0 Å². The summed E-state index contributed by atoms with van der Waals surface area (Å²) >= 11 is 0. The van der Waals surface area contributed by atoms with E-state index in [1.165, 1.54) is 6.26 Å². The molecule has 0 aromatic heterocycles. The molecular weight excluding hydrogens is 254 g/mol. The third-order valence-electron chi connectivity index (χ3n) is 3.69. The van der Waals surface area contributed by atoms with Gasteiger partial charge < -0.3 is 9.84 Å². The number of sulfone groups is 1. The average molecular weight is 279 g/mol. The minimum Gasteiger partial charge on any atom is -0.395 e. The van der Waals surface area contributed by atoms with Crippen LogP contribution in [0.4, 0.5) is 0 Å². The normalized spacial score (nSPS) is 25.6. The van der Waals surface area contributed by atoms with Gasteiger partial charge in [-0.25, -0.2) is 8.42 Å². The van der Waals surface area contributed by atoms with Crippen molar-refractivity contribution in [2.24, 2.45) is 0 Å². The van der Waals surface area contributed by atoms with Gasteiger partial charge in [-0.1, -0.05) is 6.42 Å². The van der Waals surface area contributed by atoms with Crippen LogP contribution in [0.1, 0.15) is 25.7 Å². The predicted molar refractivity (Wildman–Crippen MR) is 71.4 cm³/mol. The highest BCUT2D eigenvalue weighted by molar-refractivity contribution is 7.91. The van der Waals surface area contributed by atoms with Gasteiger partial charge in [-0.05, 0) is 19.3 Å². The Hall–Kier alpha value is -0.170. The van der Waals surface area contributed by atoms with Crippen LogP contribution in [-0.4, -0.2) is 69.4 Å². The highest BCUT2D eigenvalue weighted by atomic mass is 32.2. The quantitative estimate of drug-likeness (QED) is 0.725. The van der Waals surface area contributed by atoms with Crippen LogP contribution in [0.3, 0.4) is 0 Å². The molecule has 0 saturated heterocycles. The first-order valence-electron chi connectivity index (χ1n) is 6.51. The summed E-state index contributed by atoms with van der Waals surface area (Å²) in [6.07, 6.45) is 4.73. The second-order valence-electron chi connectivity index (χ2n) is 5.02. The van der Waals surface area contributed by atoms with E-state index in [9.17, 15) is 8.42 Å². The third-order valence-corrected chi connectivity index (χ3v) is 5.33. The van der Waals surface area contributed by atoms with E-state index < -0.39 is 9.84 Å². The number of hydrogen-bond acceptors (Lipinski definition) is 5. The molecule has 5 nitrogen and oxygen atoms in total. The largest absolute Gasteiger partial charge is 0.395 e. The van der Waals surface area contributed by atoms with Crippen LogP contribution in [0.2, 0.25) is 0 Å². The summed E-state index contributed by atoms with van der Waals surface area (Å²) in [4.78, 5) is 2.15. The number of rotatable bonds is 7. The Morgan fingerprint density at radius 1 is 1.33 bits per heavy atom. The molecule has 1 fully saturated rings. The average Bonchev–Trinajstić information content (AvgIpc) is 2.33. The van der Waals surface area contributed by atoms with E-state index in [0.717, 1.165) is 25.8 Å². The Bertz CT molecular complexity index is 331. The van der Waals surface area contributed by atoms with Crippen LogP contribution in [-0.2, 0) is 14.6 Å². The van der Waals surface area contributed by atoms with Gasteiger partial charge in [0.25, 0.3) is 0 Å². The molecule has 0 spiro atoms. The Kier molecular flexibility index (Phi) is 6.55. The molecule has 1 saturated carbocycles. The molecule has 0 amide bonds. The maximum Gasteiger partial charge on any atom is 0.150 e. The number of methoxy groups -OCH3 is 1. The fourth-order valence-electron chi connectivity index (χ4n) is 2.65. The number of ether oxygens (including phenoxy) is 1. The lowest BCUT2D eigenvalue weighted by Crippen LogP contribution is -2.44. The molecule has 108 valence electrons. The summed E-state index contributed by atoms with van der Waals surface area (Å²) in [5.74, 6) is 0. The van der Waals surface area contributed by atoms with Crippen molar-refractivity contribution in [3.63, 3.8) is 0 Å². The molecule has 1 aliphatic rings. The fraction of sp³-hybridized carbons (Fsp3) is 1.00. The first-order chi connectivity index (χ1) is 8.49. The van der Waals surface area contributed by atoms with Gasteiger partial charge in [0.1, 0.15) is 9.84 Å². The summed E-state index contributed by atoms with van der Waals surface area (Å²) in [5.41, 5.74) is 0. The molecule has 2 atom stereocenters. The molecule has 2 unspecified atom stereocenters. The van der Waals surface area contributed by atoms with E-state index >= 15 is 0 Å². The van der Waals surface area contributed by atoms with Crippen molar-refractivity contribution < 1.29 is 18.3 Å². The van der Waals surface area contributed by atoms with Gasteiger partial charge in [-0.3, -0.25) is 4.90 Å². The zero-order chi connectivity index (χ0) is 13.6. The van der Waals surface area contributed by atoms with E-state index in [-0.39, 0.29) is 17.9 Å². The van der Waals surface area contributed by atoms with Crippen molar-refractivity contribution in [3.05, 3.63) is 0 Å². The maximum atomic E-state index is 11.6. The van der Waals surface area contributed by atoms with Crippen LogP contribution < -0.4 is 0 Å². The number of aliphatic hydroxyl groups is 1. The molecule has 6 heteroatoms. The molecular formula is C12H25NO4S. The first-order valence-corrected chi connectivity index (χ1v) is 8.47. The monoisotopic (exact) mass is 279 g/mol. The van der Waals surface area contributed by atoms with E-state index in [4.69, 9.17) is 9.84 Å². The first kappa shape index (κ1) is 15.9. The van der Waals surface area contributed by atoms with Crippen molar-refractivity contribution in [3.8, 4) is 0 Å². The molecule has 0 bridgehead atoms. The molecule has 1 N–H and O–H groups in total. The molecule has 18 heavy (non-hydrogen) atoms. The lowest BCUT2D eigenvalue weighted by Gasteiger charge is -2.36. The lowest BCUT2D eigenvalue weighted by molar-refractivity contribution is 0.0861. The zero-order valence-corrected chi connectivity index (χ0v) is 12.2. The van der Waals surface area contributed by atoms with E-state index in [1.54, 1.807) is 7.11 Å². The molecule has 0 aliphatic heterocycles. The van der Waals surface area contributed by atoms with Gasteiger partial charge in [0, 0.05) is 32.5 Å². The number of aliphatic hydroxyl groups excluding tert-OH is 1. The van der Waals surface area contributed by atoms with Crippen LogP contribution in [0, 0.1) is 0 Å². The third kappa shape index (κ3) is 4.84. The Morgan fingerprint density at radius 3 is 2.61 bits per heavy atom. The number of hydrogen-bond donors (Lipinski definition) is 1. The molecule has 1 aliphatic carbocycles. The highest BCUT2D eigenvalue weighted by Gasteiger charge is 2.31. The summed E-state index contributed by atoms with van der Waals surface area (Å²) in [5, 5.41) is 8.87. The van der Waals surface area contributed by atoms with E-state index in [0.29, 0.717) is 19.6 Å². The molecule has 0 aromatic carbocycles. The van der Waals surface area contributed by atoms with Crippen LogP contribution >= 0.6 is 0 Å². The molecule has 1 rings (SSSR count). The number of nitrogens with zero attached hydrogens (tertiary/aromatic N) is 1. The minimum atomic E-state index is -2.95. The van der Waals surface area contributed by atoms with Gasteiger partial charge in [-0.2, -0.15) is 0 Å². The summed E-state index contributed by atoms with van der Waals surface area (Å²) in [6, 6.07) is 0.251. The Balaban J connectivity index is 2.61. The molecule has 0 heterocycles. The maximum absolute atomic E-state index is 11.6. The van der Waals surface area contributed by atoms with Gasteiger partial charge in [0.2, 0.25) is 0 Å². The van der Waals surface area contributed by atoms with Crippen LogP contribution in [0.15, 0.2) is 0 Å². The van der Waals surface area contributed by atoms with Crippen molar-refractivity contribution in [2.75, 3.05) is 39.7 Å². The van der Waals surface area contributed by atoms with Crippen molar-refractivity contribution in [2.45, 2.75) is 37.0 Å². The van der Waals surface area contributed by atoms with Crippen molar-refractivity contribution in [1.82, 2.24) is 4.90 Å². The second-order valence-corrected chi connectivity index (χ2v) is 7.35. The van der Waals surface area contributed by atoms with Gasteiger partial charge in [0.05, 0.1) is 18.5 Å². The summed E-state index contributed by atoms with van der Waals surface area (Å²) < 4.78 is 28.3. The SMILES string of the molecule is COCCN(CCO)C1CCCC(S(C)(=O)=O)C1. The van der Waals surface area contributed by atoms with Gasteiger partial charge in [0.15, 0.2) is 0 Å². The van der Waals surface area contributed by atoms with Crippen molar-refractivity contribution >= 4 is 9.84 Å². The van der Waals surface area contributed by atoms with Crippen molar-refractivity contribution in [1.29, 1.82) is 0 Å². The van der Waals surface area contributed by atoms with Gasteiger partial charge >= 0.3 is 0 Å². The second kappa shape index (κ2) is 7.43. The summed E-state index contributed by atoms with van der Waals surface area (Å²) in [6.45, 7) is 2.05. The van der Waals surface area contributed by atoms with E-state index in [2.05, 4.69) is 4.90 Å². The predicted octanol–water partition coefficient (Wildman–Crippen LogP) is 0.283. The minimum absolute atomic E-state index is 0.101. The standard InChI is InChI=1S/C12H25NO4S/c1-17-9-7-13(6-8-14)11-4-3-5-12(10-11)18(2,15)16/h11-12,14H,3-10H2,1-2H3. The molecule has 0 aromatic rings. The van der Waals surface area contributed by atoms with E-state index in [1.807, 2.05) is 0 Å².